The first-order valence-corrected chi connectivity index (χ1v) is 10.7. The van der Waals surface area contributed by atoms with E-state index in [2.05, 4.69) is 0 Å². The van der Waals surface area contributed by atoms with Crippen molar-refractivity contribution >= 4 is 11.9 Å². The van der Waals surface area contributed by atoms with Crippen molar-refractivity contribution in [3.8, 4) is 23.0 Å². The molecule has 2 aromatic carbocycles. The van der Waals surface area contributed by atoms with Crippen molar-refractivity contribution in [1.29, 1.82) is 0 Å². The minimum Gasteiger partial charge on any atom is -0.496 e. The van der Waals surface area contributed by atoms with Crippen LogP contribution in [0.4, 0.5) is 8.78 Å². The highest BCUT2D eigenvalue weighted by Crippen LogP contribution is 2.31. The van der Waals surface area contributed by atoms with Crippen LogP contribution in [-0.4, -0.2) is 52.6 Å². The number of carbonyl (C=O) groups excluding carboxylic acids is 2. The monoisotopic (exact) mass is 498 g/mol. The van der Waals surface area contributed by atoms with Gasteiger partial charge in [0.25, 0.3) is 0 Å². The largest absolute Gasteiger partial charge is 0.496 e. The summed E-state index contributed by atoms with van der Waals surface area (Å²) in [6, 6.07) is 4.90. The van der Waals surface area contributed by atoms with Gasteiger partial charge in [-0.3, -0.25) is 0 Å². The first-order chi connectivity index (χ1) is 16.8. The molecule has 0 radical (unpaired) electrons. The quantitative estimate of drug-likeness (QED) is 0.362. The highest BCUT2D eigenvalue weighted by Gasteiger charge is 2.16. The van der Waals surface area contributed by atoms with E-state index >= 15 is 0 Å². The lowest BCUT2D eigenvalue weighted by atomic mass is 10.1. The fourth-order valence-electron chi connectivity index (χ4n) is 2.93. The number of ether oxygens (including phenoxy) is 7. The summed E-state index contributed by atoms with van der Waals surface area (Å²) in [4.78, 5) is 22.9. The summed E-state index contributed by atoms with van der Waals surface area (Å²) in [6.07, 6.45) is 0. The van der Waals surface area contributed by atoms with Crippen LogP contribution in [0.5, 0.6) is 23.0 Å². The second kappa shape index (κ2) is 14.0. The Hall–Kier alpha value is -3.60. The summed E-state index contributed by atoms with van der Waals surface area (Å²) in [6.45, 7) is 2.60. The van der Waals surface area contributed by atoms with Gasteiger partial charge < -0.3 is 33.2 Å². The molecule has 0 amide bonds. The summed E-state index contributed by atoms with van der Waals surface area (Å²) in [5, 5.41) is 0. The average Bonchev–Trinajstić information content (AvgIpc) is 2.83. The topological polar surface area (TPSA) is 98.8 Å². The van der Waals surface area contributed by atoms with E-state index in [1.807, 2.05) is 0 Å². The molecule has 0 N–H and O–H groups in total. The maximum absolute atomic E-state index is 14.4. The SMILES string of the molecule is CCOC(=O)COc1cc(OC)c(COCc2cc(F)c(OCC(=O)OCC)cc2OC)cc1F. The molecule has 9 nitrogen and oxygen atoms in total. The number of benzene rings is 2. The Labute approximate surface area is 201 Å². The van der Waals surface area contributed by atoms with Gasteiger partial charge in [-0.25, -0.2) is 18.4 Å². The number of rotatable bonds is 14. The highest BCUT2D eigenvalue weighted by molar-refractivity contribution is 5.71. The van der Waals surface area contributed by atoms with E-state index in [0.717, 1.165) is 12.1 Å². The molecule has 2 rings (SSSR count). The second-order valence-corrected chi connectivity index (χ2v) is 6.87. The normalized spacial score (nSPS) is 10.5. The van der Waals surface area contributed by atoms with E-state index < -0.39 is 36.8 Å². The van der Waals surface area contributed by atoms with Gasteiger partial charge in [-0.1, -0.05) is 0 Å². The Bertz CT molecular complexity index is 931. The minimum atomic E-state index is -0.722. The molecule has 0 unspecified atom stereocenters. The van der Waals surface area contributed by atoms with Crippen molar-refractivity contribution in [2.75, 3.05) is 40.6 Å². The molecule has 0 aliphatic rings. The molecule has 0 aromatic heterocycles. The smallest absolute Gasteiger partial charge is 0.344 e. The second-order valence-electron chi connectivity index (χ2n) is 6.87. The zero-order chi connectivity index (χ0) is 25.8. The van der Waals surface area contributed by atoms with Crippen LogP contribution in [-0.2, 0) is 37.0 Å². The van der Waals surface area contributed by atoms with Gasteiger partial charge in [0.05, 0.1) is 40.6 Å². The van der Waals surface area contributed by atoms with Crippen molar-refractivity contribution in [2.24, 2.45) is 0 Å². The molecular weight excluding hydrogens is 470 g/mol. The molecule has 11 heteroatoms. The van der Waals surface area contributed by atoms with Crippen LogP contribution >= 0.6 is 0 Å². The lowest BCUT2D eigenvalue weighted by Gasteiger charge is -2.15. The van der Waals surface area contributed by atoms with Crippen LogP contribution in [0.25, 0.3) is 0 Å². The van der Waals surface area contributed by atoms with E-state index in [-0.39, 0.29) is 49.4 Å². The predicted molar refractivity (Wildman–Crippen MR) is 119 cm³/mol. The first kappa shape index (κ1) is 27.6. The Morgan fingerprint density at radius 3 is 1.43 bits per heavy atom. The number of hydrogen-bond donors (Lipinski definition) is 0. The molecule has 0 saturated heterocycles. The van der Waals surface area contributed by atoms with Crippen LogP contribution in [0.15, 0.2) is 24.3 Å². The molecule has 0 aliphatic carbocycles. The van der Waals surface area contributed by atoms with Crippen molar-refractivity contribution in [3.05, 3.63) is 47.0 Å². The molecule has 0 aliphatic heterocycles. The molecule has 0 saturated carbocycles. The summed E-state index contributed by atoms with van der Waals surface area (Å²) >= 11 is 0. The Kier molecular flexibility index (Phi) is 11.0. The van der Waals surface area contributed by atoms with Gasteiger partial charge in [-0.15, -0.1) is 0 Å². The van der Waals surface area contributed by atoms with E-state index in [0.29, 0.717) is 11.1 Å². The summed E-state index contributed by atoms with van der Waals surface area (Å²) in [5.74, 6) is -2.52. The Morgan fingerprint density at radius 1 is 0.686 bits per heavy atom. The zero-order valence-electron chi connectivity index (χ0n) is 20.0. The maximum atomic E-state index is 14.4. The third-order valence-electron chi connectivity index (χ3n) is 4.49. The van der Waals surface area contributed by atoms with Gasteiger partial charge in [0.1, 0.15) is 11.5 Å². The van der Waals surface area contributed by atoms with Gasteiger partial charge in [0.15, 0.2) is 36.3 Å². The summed E-state index contributed by atoms with van der Waals surface area (Å²) < 4.78 is 64.8. The molecular formula is C24H28F2O9. The standard InChI is InChI=1S/C24H28F2O9/c1-5-32-23(27)13-34-21-9-19(29-3)15(7-17(21)25)11-31-12-16-8-18(26)22(10-20(16)30-4)35-14-24(28)33-6-2/h7-10H,5-6,11-14H2,1-4H3. The van der Waals surface area contributed by atoms with E-state index in [1.165, 1.54) is 26.4 Å². The van der Waals surface area contributed by atoms with Crippen LogP contribution in [0.1, 0.15) is 25.0 Å². The van der Waals surface area contributed by atoms with Gasteiger partial charge in [-0.2, -0.15) is 0 Å². The van der Waals surface area contributed by atoms with Crippen molar-refractivity contribution in [1.82, 2.24) is 0 Å². The van der Waals surface area contributed by atoms with Gasteiger partial charge in [0.2, 0.25) is 0 Å². The average molecular weight is 498 g/mol. The highest BCUT2D eigenvalue weighted by atomic mass is 19.1. The number of carbonyl (C=O) groups is 2. The van der Waals surface area contributed by atoms with Gasteiger partial charge in [0, 0.05) is 23.3 Å². The molecule has 0 bridgehead atoms. The molecule has 35 heavy (non-hydrogen) atoms. The number of hydrogen-bond acceptors (Lipinski definition) is 9. The molecule has 2 aromatic rings. The van der Waals surface area contributed by atoms with E-state index in [1.54, 1.807) is 13.8 Å². The Balaban J connectivity index is 2.05. The molecule has 0 atom stereocenters. The van der Waals surface area contributed by atoms with E-state index in [9.17, 15) is 18.4 Å². The number of methoxy groups -OCH3 is 2. The van der Waals surface area contributed by atoms with Crippen LogP contribution < -0.4 is 18.9 Å². The van der Waals surface area contributed by atoms with Crippen molar-refractivity contribution in [3.63, 3.8) is 0 Å². The number of halogens is 2. The minimum absolute atomic E-state index is 0.0792. The summed E-state index contributed by atoms with van der Waals surface area (Å²) in [5.41, 5.74) is 0.727. The lowest BCUT2D eigenvalue weighted by molar-refractivity contribution is -0.146. The molecule has 0 spiro atoms. The Morgan fingerprint density at radius 2 is 1.09 bits per heavy atom. The third-order valence-corrected chi connectivity index (χ3v) is 4.49. The number of esters is 2. The van der Waals surface area contributed by atoms with Crippen molar-refractivity contribution in [2.45, 2.75) is 27.1 Å². The van der Waals surface area contributed by atoms with Gasteiger partial charge in [-0.05, 0) is 26.0 Å². The fourth-order valence-corrected chi connectivity index (χ4v) is 2.93. The zero-order valence-corrected chi connectivity index (χ0v) is 20.0. The molecule has 192 valence electrons. The first-order valence-electron chi connectivity index (χ1n) is 10.7. The van der Waals surface area contributed by atoms with Crippen LogP contribution in [0.2, 0.25) is 0 Å². The van der Waals surface area contributed by atoms with Gasteiger partial charge >= 0.3 is 11.9 Å². The predicted octanol–water partition coefficient (Wildman–Crippen LogP) is 3.58. The maximum Gasteiger partial charge on any atom is 0.344 e. The lowest BCUT2D eigenvalue weighted by Crippen LogP contribution is -2.15. The summed E-state index contributed by atoms with van der Waals surface area (Å²) in [7, 11) is 2.78. The molecule has 0 fully saturated rings. The van der Waals surface area contributed by atoms with Crippen LogP contribution in [0.3, 0.4) is 0 Å². The van der Waals surface area contributed by atoms with Crippen molar-refractivity contribution < 1.29 is 51.5 Å². The third kappa shape index (κ3) is 8.29. The van der Waals surface area contributed by atoms with E-state index in [4.69, 9.17) is 33.2 Å². The van der Waals surface area contributed by atoms with Crippen LogP contribution in [0, 0.1) is 11.6 Å². The fraction of sp³-hybridized carbons (Fsp3) is 0.417. The molecule has 0 heterocycles.